The molecule has 17 heavy (non-hydrogen) atoms. The van der Waals surface area contributed by atoms with Gasteiger partial charge in [0.25, 0.3) is 0 Å². The van der Waals surface area contributed by atoms with Gasteiger partial charge < -0.3 is 21.5 Å². The molecule has 5 nitrogen and oxygen atoms in total. The Morgan fingerprint density at radius 2 is 2.12 bits per heavy atom. The van der Waals surface area contributed by atoms with Crippen molar-refractivity contribution in [2.24, 2.45) is 0 Å². The normalized spacial score (nSPS) is 10.4. The Balaban J connectivity index is 2.38. The summed E-state index contributed by atoms with van der Waals surface area (Å²) in [5.74, 6) is 0. The van der Waals surface area contributed by atoms with Gasteiger partial charge in [0.1, 0.15) is 0 Å². The molecule has 1 rings (SSSR count). The highest BCUT2D eigenvalue weighted by Crippen LogP contribution is 2.27. The van der Waals surface area contributed by atoms with E-state index < -0.39 is 6.09 Å². The third-order valence-corrected chi connectivity index (χ3v) is 2.64. The maximum atomic E-state index is 10.2. The van der Waals surface area contributed by atoms with Crippen molar-refractivity contribution in [3.63, 3.8) is 0 Å². The first kappa shape index (κ1) is 13.4. The van der Waals surface area contributed by atoms with Gasteiger partial charge in [0.2, 0.25) is 0 Å². The molecule has 0 aliphatic rings. The van der Waals surface area contributed by atoms with Crippen molar-refractivity contribution < 1.29 is 9.90 Å². The fourth-order valence-corrected chi connectivity index (χ4v) is 1.72. The summed E-state index contributed by atoms with van der Waals surface area (Å²) in [6.45, 7) is 0.872. The lowest BCUT2D eigenvalue weighted by Crippen LogP contribution is -2.20. The first-order chi connectivity index (χ1) is 8.11. The number of hydrogen-bond donors (Lipinski definition) is 4. The molecule has 0 aliphatic heterocycles. The molecule has 6 heteroatoms. The van der Waals surface area contributed by atoms with E-state index in [0.717, 1.165) is 10.2 Å². The summed E-state index contributed by atoms with van der Waals surface area (Å²) in [4.78, 5) is 10.2. The van der Waals surface area contributed by atoms with E-state index in [4.69, 9.17) is 10.8 Å². The zero-order valence-electron chi connectivity index (χ0n) is 9.11. The molecule has 0 saturated carbocycles. The molecule has 1 aromatic carbocycles. The molecule has 1 aromatic rings. The number of benzene rings is 1. The number of nitrogens with one attached hydrogen (secondary N) is 2. The molecule has 0 spiro atoms. The summed E-state index contributed by atoms with van der Waals surface area (Å²) < 4.78 is 0.898. The van der Waals surface area contributed by atoms with Crippen molar-refractivity contribution in [2.45, 2.75) is 0 Å². The molecule has 5 N–H and O–H groups in total. The van der Waals surface area contributed by atoms with Crippen molar-refractivity contribution >= 4 is 33.4 Å². The number of anilines is 2. The minimum Gasteiger partial charge on any atom is -0.465 e. The maximum Gasteiger partial charge on any atom is 0.404 e. The average molecular weight is 300 g/mol. The molecule has 0 radical (unpaired) electrons. The van der Waals surface area contributed by atoms with Gasteiger partial charge in [-0.15, -0.1) is 0 Å². The lowest BCUT2D eigenvalue weighted by Gasteiger charge is -2.09. The Labute approximate surface area is 108 Å². The van der Waals surface area contributed by atoms with Crippen LogP contribution in [-0.4, -0.2) is 24.3 Å². The van der Waals surface area contributed by atoms with Crippen LogP contribution in [0.2, 0.25) is 0 Å². The molecule has 1 amide bonds. The number of nitrogens with two attached hydrogens (primary N) is 1. The fraction of sp³-hybridized carbons (Fsp3) is 0.182. The number of para-hydroxylation sites is 1. The number of carbonyl (C=O) groups is 1. The Kier molecular flexibility index (Phi) is 5.35. The van der Waals surface area contributed by atoms with Crippen molar-refractivity contribution in [3.8, 4) is 0 Å². The summed E-state index contributed by atoms with van der Waals surface area (Å²) >= 11 is 3.39. The number of carboxylic acid groups (broad SMARTS) is 1. The molecule has 0 unspecified atom stereocenters. The van der Waals surface area contributed by atoms with Gasteiger partial charge in [-0.25, -0.2) is 4.79 Å². The summed E-state index contributed by atoms with van der Waals surface area (Å²) in [7, 11) is 0. The van der Waals surface area contributed by atoms with Crippen molar-refractivity contribution in [1.82, 2.24) is 5.32 Å². The second-order valence-electron chi connectivity index (χ2n) is 3.24. The predicted octanol–water partition coefficient (Wildman–Crippen LogP) is 2.27. The Morgan fingerprint density at radius 3 is 2.76 bits per heavy atom. The van der Waals surface area contributed by atoms with Crippen LogP contribution < -0.4 is 16.4 Å². The Morgan fingerprint density at radius 1 is 1.41 bits per heavy atom. The predicted molar refractivity (Wildman–Crippen MR) is 72.2 cm³/mol. The zero-order chi connectivity index (χ0) is 12.7. The highest BCUT2D eigenvalue weighted by Gasteiger charge is 2.01. The van der Waals surface area contributed by atoms with Crippen LogP contribution in [0.3, 0.4) is 0 Å². The van der Waals surface area contributed by atoms with Gasteiger partial charge >= 0.3 is 6.09 Å². The SMILES string of the molecule is Nc1cccc(Br)c1NC/C=C/CNC(=O)O. The van der Waals surface area contributed by atoms with Crippen molar-refractivity contribution in [1.29, 1.82) is 0 Å². The number of nitrogen functional groups attached to an aromatic ring is 1. The average Bonchev–Trinajstić information content (AvgIpc) is 2.26. The summed E-state index contributed by atoms with van der Waals surface area (Å²) in [5, 5.41) is 13.7. The minimum atomic E-state index is -1.03. The summed E-state index contributed by atoms with van der Waals surface area (Å²) in [6.07, 6.45) is 2.53. The molecule has 92 valence electrons. The molecule has 0 atom stereocenters. The highest BCUT2D eigenvalue weighted by atomic mass is 79.9. The fourth-order valence-electron chi connectivity index (χ4n) is 1.20. The van der Waals surface area contributed by atoms with Crippen LogP contribution in [-0.2, 0) is 0 Å². The van der Waals surface area contributed by atoms with Crippen LogP contribution in [0, 0.1) is 0 Å². The van der Waals surface area contributed by atoms with E-state index in [1.54, 1.807) is 6.08 Å². The number of rotatable bonds is 5. The number of amides is 1. The Hall–Kier alpha value is -1.69. The third kappa shape index (κ3) is 4.78. The second kappa shape index (κ2) is 6.80. The van der Waals surface area contributed by atoms with E-state index >= 15 is 0 Å². The monoisotopic (exact) mass is 299 g/mol. The number of halogens is 1. The second-order valence-corrected chi connectivity index (χ2v) is 4.10. The smallest absolute Gasteiger partial charge is 0.404 e. The van der Waals surface area contributed by atoms with Gasteiger partial charge in [0, 0.05) is 17.6 Å². The van der Waals surface area contributed by atoms with Crippen LogP contribution in [0.4, 0.5) is 16.2 Å². The lowest BCUT2D eigenvalue weighted by molar-refractivity contribution is 0.195. The van der Waals surface area contributed by atoms with Gasteiger partial charge in [-0.1, -0.05) is 18.2 Å². The summed E-state index contributed by atoms with van der Waals surface area (Å²) in [6, 6.07) is 5.56. The van der Waals surface area contributed by atoms with E-state index in [2.05, 4.69) is 26.6 Å². The lowest BCUT2D eigenvalue weighted by atomic mass is 10.2. The molecular weight excluding hydrogens is 286 g/mol. The van der Waals surface area contributed by atoms with Crippen LogP contribution >= 0.6 is 15.9 Å². The van der Waals surface area contributed by atoms with Gasteiger partial charge in [0.15, 0.2) is 0 Å². The summed E-state index contributed by atoms with van der Waals surface area (Å²) in [5.41, 5.74) is 7.30. The highest BCUT2D eigenvalue weighted by molar-refractivity contribution is 9.10. The molecule has 0 bridgehead atoms. The minimum absolute atomic E-state index is 0.294. The van der Waals surface area contributed by atoms with Crippen molar-refractivity contribution in [3.05, 3.63) is 34.8 Å². The largest absolute Gasteiger partial charge is 0.465 e. The molecule has 0 aliphatic carbocycles. The van der Waals surface area contributed by atoms with Crippen LogP contribution in [0.15, 0.2) is 34.8 Å². The first-order valence-corrected chi connectivity index (χ1v) is 5.80. The van der Waals surface area contributed by atoms with Gasteiger partial charge in [-0.3, -0.25) is 0 Å². The number of hydrogen-bond acceptors (Lipinski definition) is 3. The van der Waals surface area contributed by atoms with E-state index in [-0.39, 0.29) is 0 Å². The van der Waals surface area contributed by atoms with E-state index in [1.165, 1.54) is 0 Å². The van der Waals surface area contributed by atoms with Crippen LogP contribution in [0.1, 0.15) is 0 Å². The molecule has 0 saturated heterocycles. The van der Waals surface area contributed by atoms with Crippen LogP contribution in [0.5, 0.6) is 0 Å². The molecular formula is C11H14BrN3O2. The van der Waals surface area contributed by atoms with E-state index in [0.29, 0.717) is 18.8 Å². The van der Waals surface area contributed by atoms with Crippen LogP contribution in [0.25, 0.3) is 0 Å². The van der Waals surface area contributed by atoms with Gasteiger partial charge in [-0.05, 0) is 28.1 Å². The molecule has 0 heterocycles. The standard InChI is InChI=1S/C11H14BrN3O2/c12-8-4-3-5-9(13)10(8)14-6-1-2-7-15-11(16)17/h1-5,14-15H,6-7,13H2,(H,16,17)/b2-1+. The van der Waals surface area contributed by atoms with Gasteiger partial charge in [-0.2, -0.15) is 0 Å². The van der Waals surface area contributed by atoms with Crippen molar-refractivity contribution in [2.75, 3.05) is 24.1 Å². The molecule has 0 aromatic heterocycles. The van der Waals surface area contributed by atoms with E-state index in [9.17, 15) is 4.79 Å². The topological polar surface area (TPSA) is 87.4 Å². The van der Waals surface area contributed by atoms with Gasteiger partial charge in [0.05, 0.1) is 11.4 Å². The zero-order valence-corrected chi connectivity index (χ0v) is 10.7. The Bertz CT molecular complexity index is 401. The first-order valence-electron chi connectivity index (χ1n) is 5.01. The maximum absolute atomic E-state index is 10.2. The third-order valence-electron chi connectivity index (χ3n) is 1.98. The molecule has 0 fully saturated rings. The quantitative estimate of drug-likeness (QED) is 0.496. The van der Waals surface area contributed by atoms with E-state index in [1.807, 2.05) is 24.3 Å².